The SMILES string of the molecule is CNC(C)C(=O)NC(C)(C)CO. The van der Waals surface area contributed by atoms with E-state index in [-0.39, 0.29) is 18.6 Å². The molecule has 0 spiro atoms. The van der Waals surface area contributed by atoms with E-state index >= 15 is 0 Å². The van der Waals surface area contributed by atoms with Crippen LogP contribution in [0, 0.1) is 0 Å². The van der Waals surface area contributed by atoms with Crippen LogP contribution in [0.1, 0.15) is 20.8 Å². The van der Waals surface area contributed by atoms with Crippen LogP contribution >= 0.6 is 0 Å². The summed E-state index contributed by atoms with van der Waals surface area (Å²) in [5, 5.41) is 14.4. The molecule has 12 heavy (non-hydrogen) atoms. The Morgan fingerprint density at radius 2 is 2.08 bits per heavy atom. The second kappa shape index (κ2) is 4.42. The Balaban J connectivity index is 4.00. The van der Waals surface area contributed by atoms with Crippen molar-refractivity contribution >= 4 is 5.91 Å². The average molecular weight is 174 g/mol. The summed E-state index contributed by atoms with van der Waals surface area (Å²) in [6, 6.07) is -0.226. The highest BCUT2D eigenvalue weighted by atomic mass is 16.3. The third-order valence-corrected chi connectivity index (χ3v) is 1.68. The van der Waals surface area contributed by atoms with E-state index in [0.717, 1.165) is 0 Å². The van der Waals surface area contributed by atoms with Crippen LogP contribution in [-0.4, -0.2) is 36.2 Å². The second-order valence-electron chi connectivity index (χ2n) is 3.54. The van der Waals surface area contributed by atoms with Crippen LogP contribution in [0.4, 0.5) is 0 Å². The fraction of sp³-hybridized carbons (Fsp3) is 0.875. The van der Waals surface area contributed by atoms with Gasteiger partial charge >= 0.3 is 0 Å². The molecule has 4 heteroatoms. The first kappa shape index (κ1) is 11.4. The van der Waals surface area contributed by atoms with Crippen molar-refractivity contribution in [1.29, 1.82) is 0 Å². The molecule has 0 rings (SSSR count). The van der Waals surface area contributed by atoms with Crippen LogP contribution in [-0.2, 0) is 4.79 Å². The maximum Gasteiger partial charge on any atom is 0.237 e. The molecule has 0 aliphatic heterocycles. The minimum atomic E-state index is -0.539. The number of carbonyl (C=O) groups excluding carboxylic acids is 1. The van der Waals surface area contributed by atoms with Crippen LogP contribution in [0.5, 0.6) is 0 Å². The first-order chi connectivity index (χ1) is 5.43. The number of amides is 1. The molecule has 3 N–H and O–H groups in total. The lowest BCUT2D eigenvalue weighted by Crippen LogP contribution is -2.52. The largest absolute Gasteiger partial charge is 0.394 e. The molecule has 72 valence electrons. The molecule has 0 radical (unpaired) electrons. The molecule has 0 saturated carbocycles. The van der Waals surface area contributed by atoms with Gasteiger partial charge in [-0.25, -0.2) is 0 Å². The van der Waals surface area contributed by atoms with Crippen LogP contribution in [0.3, 0.4) is 0 Å². The van der Waals surface area contributed by atoms with Gasteiger partial charge in [-0.05, 0) is 27.8 Å². The Hall–Kier alpha value is -0.610. The second-order valence-corrected chi connectivity index (χ2v) is 3.54. The van der Waals surface area contributed by atoms with E-state index in [2.05, 4.69) is 10.6 Å². The quantitative estimate of drug-likeness (QED) is 0.537. The Kier molecular flexibility index (Phi) is 4.20. The average Bonchev–Trinajstić information content (AvgIpc) is 2.02. The van der Waals surface area contributed by atoms with Crippen LogP contribution in [0.25, 0.3) is 0 Å². The van der Waals surface area contributed by atoms with E-state index in [1.54, 1.807) is 27.8 Å². The highest BCUT2D eigenvalue weighted by Gasteiger charge is 2.21. The zero-order valence-electron chi connectivity index (χ0n) is 8.14. The first-order valence-corrected chi connectivity index (χ1v) is 4.03. The summed E-state index contributed by atoms with van der Waals surface area (Å²) >= 11 is 0. The summed E-state index contributed by atoms with van der Waals surface area (Å²) in [4.78, 5) is 11.3. The molecule has 0 aromatic heterocycles. The molecular formula is C8H18N2O2. The van der Waals surface area contributed by atoms with Gasteiger partial charge in [-0.3, -0.25) is 4.79 Å². The maximum absolute atomic E-state index is 11.3. The molecule has 4 nitrogen and oxygen atoms in total. The summed E-state index contributed by atoms with van der Waals surface area (Å²) < 4.78 is 0. The lowest BCUT2D eigenvalue weighted by atomic mass is 10.1. The predicted molar refractivity (Wildman–Crippen MR) is 47.8 cm³/mol. The predicted octanol–water partition coefficient (Wildman–Crippen LogP) is -0.519. The molecule has 1 atom stereocenters. The fourth-order valence-electron chi connectivity index (χ4n) is 0.612. The Morgan fingerprint density at radius 1 is 1.58 bits per heavy atom. The van der Waals surface area contributed by atoms with E-state index < -0.39 is 5.54 Å². The minimum absolute atomic E-state index is 0.0603. The van der Waals surface area contributed by atoms with Gasteiger partial charge < -0.3 is 15.7 Å². The number of rotatable bonds is 4. The molecular weight excluding hydrogens is 156 g/mol. The summed E-state index contributed by atoms with van der Waals surface area (Å²) in [5.74, 6) is -0.100. The number of aliphatic hydroxyl groups excluding tert-OH is 1. The highest BCUT2D eigenvalue weighted by molar-refractivity contribution is 5.81. The van der Waals surface area contributed by atoms with Gasteiger partial charge in [-0.2, -0.15) is 0 Å². The third-order valence-electron chi connectivity index (χ3n) is 1.68. The van der Waals surface area contributed by atoms with E-state index in [4.69, 9.17) is 5.11 Å². The van der Waals surface area contributed by atoms with E-state index in [1.165, 1.54) is 0 Å². The summed E-state index contributed by atoms with van der Waals surface area (Å²) in [5.41, 5.74) is -0.539. The molecule has 1 unspecified atom stereocenters. The molecule has 0 bridgehead atoms. The third kappa shape index (κ3) is 3.69. The number of hydrogen-bond donors (Lipinski definition) is 3. The lowest BCUT2D eigenvalue weighted by Gasteiger charge is -2.25. The van der Waals surface area contributed by atoms with Crippen molar-refractivity contribution in [1.82, 2.24) is 10.6 Å². The van der Waals surface area contributed by atoms with E-state index in [0.29, 0.717) is 0 Å². The van der Waals surface area contributed by atoms with Crippen molar-refractivity contribution in [3.05, 3.63) is 0 Å². The topological polar surface area (TPSA) is 61.4 Å². The van der Waals surface area contributed by atoms with Crippen LogP contribution in [0.15, 0.2) is 0 Å². The van der Waals surface area contributed by atoms with Gasteiger partial charge in [0, 0.05) is 0 Å². The zero-order chi connectivity index (χ0) is 9.78. The zero-order valence-corrected chi connectivity index (χ0v) is 8.14. The van der Waals surface area contributed by atoms with Gasteiger partial charge in [0.15, 0.2) is 0 Å². The molecule has 0 aromatic carbocycles. The number of likely N-dealkylation sites (N-methyl/N-ethyl adjacent to an activating group) is 1. The Labute approximate surface area is 73.3 Å². The standard InChI is InChI=1S/C8H18N2O2/c1-6(9-4)7(12)10-8(2,3)5-11/h6,9,11H,5H2,1-4H3,(H,10,12). The fourth-order valence-corrected chi connectivity index (χ4v) is 0.612. The number of carbonyl (C=O) groups is 1. The van der Waals surface area contributed by atoms with Crippen molar-refractivity contribution < 1.29 is 9.90 Å². The number of nitrogens with one attached hydrogen (secondary N) is 2. The van der Waals surface area contributed by atoms with Gasteiger partial charge in [0.1, 0.15) is 0 Å². The lowest BCUT2D eigenvalue weighted by molar-refractivity contribution is -0.124. The van der Waals surface area contributed by atoms with Gasteiger partial charge in [-0.15, -0.1) is 0 Å². The maximum atomic E-state index is 11.3. The van der Waals surface area contributed by atoms with Gasteiger partial charge in [-0.1, -0.05) is 0 Å². The molecule has 0 aliphatic carbocycles. The number of aliphatic hydroxyl groups is 1. The van der Waals surface area contributed by atoms with Crippen molar-refractivity contribution in [3.63, 3.8) is 0 Å². The van der Waals surface area contributed by atoms with Crippen LogP contribution in [0.2, 0.25) is 0 Å². The molecule has 1 amide bonds. The van der Waals surface area contributed by atoms with E-state index in [1.807, 2.05) is 0 Å². The van der Waals surface area contributed by atoms with Gasteiger partial charge in [0.25, 0.3) is 0 Å². The Bertz CT molecular complexity index is 157. The molecule has 0 saturated heterocycles. The van der Waals surface area contributed by atoms with Crippen molar-refractivity contribution in [2.75, 3.05) is 13.7 Å². The molecule has 0 aliphatic rings. The Morgan fingerprint density at radius 3 is 2.42 bits per heavy atom. The van der Waals surface area contributed by atoms with Crippen molar-refractivity contribution in [3.8, 4) is 0 Å². The van der Waals surface area contributed by atoms with Crippen LogP contribution < -0.4 is 10.6 Å². The van der Waals surface area contributed by atoms with Gasteiger partial charge in [0.2, 0.25) is 5.91 Å². The molecule has 0 aromatic rings. The summed E-state index contributed by atoms with van der Waals surface area (Å²) in [6.07, 6.45) is 0. The highest BCUT2D eigenvalue weighted by Crippen LogP contribution is 1.99. The molecule has 0 heterocycles. The molecule has 0 fully saturated rings. The van der Waals surface area contributed by atoms with Gasteiger partial charge in [0.05, 0.1) is 18.2 Å². The van der Waals surface area contributed by atoms with Crippen molar-refractivity contribution in [2.24, 2.45) is 0 Å². The van der Waals surface area contributed by atoms with E-state index in [9.17, 15) is 4.79 Å². The number of hydrogen-bond acceptors (Lipinski definition) is 3. The van der Waals surface area contributed by atoms with Crippen molar-refractivity contribution in [2.45, 2.75) is 32.4 Å². The minimum Gasteiger partial charge on any atom is -0.394 e. The smallest absolute Gasteiger partial charge is 0.237 e. The first-order valence-electron chi connectivity index (χ1n) is 4.03. The summed E-state index contributed by atoms with van der Waals surface area (Å²) in [7, 11) is 1.72. The summed E-state index contributed by atoms with van der Waals surface area (Å²) in [6.45, 7) is 5.25. The monoisotopic (exact) mass is 174 g/mol. The normalized spacial score (nSPS) is 14.1.